The van der Waals surface area contributed by atoms with Gasteiger partial charge in [-0.1, -0.05) is 59.8 Å². The minimum atomic E-state index is -3.97. The van der Waals surface area contributed by atoms with Crippen molar-refractivity contribution in [1.82, 2.24) is 4.98 Å². The molecule has 6 nitrogen and oxygen atoms in total. The first-order valence-corrected chi connectivity index (χ1v) is 13.5. The number of thiazole rings is 1. The zero-order valence-corrected chi connectivity index (χ0v) is 20.9. The number of para-hydroxylation sites is 1. The van der Waals surface area contributed by atoms with Gasteiger partial charge in [-0.2, -0.15) is 0 Å². The zero-order valence-electron chi connectivity index (χ0n) is 17.7. The Bertz CT molecular complexity index is 1620. The molecule has 0 bridgehead atoms. The maximum Gasteiger partial charge on any atom is 0.261 e. The molecule has 0 fully saturated rings. The zero-order chi connectivity index (χ0) is 23.9. The van der Waals surface area contributed by atoms with Crippen molar-refractivity contribution in [1.29, 1.82) is 0 Å². The molecular formula is C24H17ClN2O4S3. The highest BCUT2D eigenvalue weighted by Gasteiger charge is 2.20. The fourth-order valence-electron chi connectivity index (χ4n) is 3.50. The molecule has 0 saturated carbocycles. The van der Waals surface area contributed by atoms with Crippen LogP contribution in [0.3, 0.4) is 0 Å². The first-order valence-electron chi connectivity index (χ1n) is 10.0. The van der Waals surface area contributed by atoms with E-state index < -0.39 is 10.0 Å². The van der Waals surface area contributed by atoms with E-state index in [2.05, 4.69) is 9.71 Å². The van der Waals surface area contributed by atoms with Crippen LogP contribution in [0.4, 0.5) is 5.69 Å². The molecule has 34 heavy (non-hydrogen) atoms. The van der Waals surface area contributed by atoms with Crippen molar-refractivity contribution in [2.24, 2.45) is 0 Å². The largest absolute Gasteiger partial charge is 0.506 e. The van der Waals surface area contributed by atoms with Gasteiger partial charge in [-0.05, 0) is 36.4 Å². The van der Waals surface area contributed by atoms with E-state index in [1.165, 1.54) is 48.4 Å². The number of benzene rings is 4. The number of anilines is 1. The number of halogens is 1. The summed E-state index contributed by atoms with van der Waals surface area (Å²) in [5, 5.41) is 12.2. The number of nitrogens with one attached hydrogen (secondary N) is 1. The molecule has 10 heteroatoms. The van der Waals surface area contributed by atoms with Crippen LogP contribution in [-0.4, -0.2) is 25.6 Å². The Hall–Kier alpha value is -2.98. The average molecular weight is 529 g/mol. The van der Waals surface area contributed by atoms with Gasteiger partial charge < -0.3 is 9.84 Å². The number of aromatic nitrogens is 1. The van der Waals surface area contributed by atoms with Gasteiger partial charge >= 0.3 is 0 Å². The maximum absolute atomic E-state index is 13.2. The SMILES string of the molecule is COc1ccc(S(=O)(=O)Nc2cc(Sc3nc4ccccc4s3)c(O)c3ccccc23)cc1Cl. The number of nitrogens with zero attached hydrogens (tertiary/aromatic N) is 1. The third-order valence-corrected chi connectivity index (χ3v) is 8.92. The second-order valence-electron chi connectivity index (χ2n) is 7.27. The van der Waals surface area contributed by atoms with Crippen LogP contribution >= 0.6 is 34.7 Å². The van der Waals surface area contributed by atoms with Crippen LogP contribution in [0.2, 0.25) is 5.02 Å². The van der Waals surface area contributed by atoms with Crippen molar-refractivity contribution in [3.05, 3.63) is 77.8 Å². The molecule has 2 N–H and O–H groups in total. The van der Waals surface area contributed by atoms with Gasteiger partial charge in [0, 0.05) is 10.8 Å². The number of phenolic OH excluding ortho intramolecular Hbond substituents is 1. The van der Waals surface area contributed by atoms with Gasteiger partial charge in [0.1, 0.15) is 11.5 Å². The molecular weight excluding hydrogens is 512 g/mol. The van der Waals surface area contributed by atoms with Gasteiger partial charge in [-0.25, -0.2) is 13.4 Å². The smallest absolute Gasteiger partial charge is 0.261 e. The monoisotopic (exact) mass is 528 g/mol. The topological polar surface area (TPSA) is 88.5 Å². The predicted octanol–water partition coefficient (Wildman–Crippen LogP) is 6.77. The number of fused-ring (bicyclic) bond motifs is 2. The predicted molar refractivity (Wildman–Crippen MR) is 138 cm³/mol. The molecule has 0 atom stereocenters. The lowest BCUT2D eigenvalue weighted by molar-refractivity contribution is 0.414. The normalized spacial score (nSPS) is 11.7. The molecule has 0 radical (unpaired) electrons. The van der Waals surface area contributed by atoms with Crippen molar-refractivity contribution < 1.29 is 18.3 Å². The van der Waals surface area contributed by atoms with Crippen LogP contribution < -0.4 is 9.46 Å². The van der Waals surface area contributed by atoms with Crippen molar-refractivity contribution >= 4 is 71.4 Å². The third-order valence-electron chi connectivity index (χ3n) is 5.13. The molecule has 0 saturated heterocycles. The van der Waals surface area contributed by atoms with E-state index in [9.17, 15) is 13.5 Å². The number of aromatic hydroxyl groups is 1. The second kappa shape index (κ2) is 8.99. The molecule has 172 valence electrons. The van der Waals surface area contributed by atoms with E-state index in [4.69, 9.17) is 16.3 Å². The lowest BCUT2D eigenvalue weighted by Gasteiger charge is -2.15. The van der Waals surface area contributed by atoms with Crippen LogP contribution in [0.1, 0.15) is 0 Å². The fourth-order valence-corrected chi connectivity index (χ4v) is 7.04. The highest BCUT2D eigenvalue weighted by molar-refractivity contribution is 8.01. The number of sulfonamides is 1. The molecule has 4 aromatic carbocycles. The summed E-state index contributed by atoms with van der Waals surface area (Å²) in [6.07, 6.45) is 0. The average Bonchev–Trinajstić information content (AvgIpc) is 3.24. The van der Waals surface area contributed by atoms with Crippen LogP contribution in [0.25, 0.3) is 21.0 Å². The van der Waals surface area contributed by atoms with Crippen LogP contribution in [0, 0.1) is 0 Å². The van der Waals surface area contributed by atoms with Crippen molar-refractivity contribution in [2.45, 2.75) is 14.1 Å². The Kier molecular flexibility index (Phi) is 6.03. The molecule has 1 heterocycles. The molecule has 0 unspecified atom stereocenters. The highest BCUT2D eigenvalue weighted by Crippen LogP contribution is 2.44. The number of methoxy groups -OCH3 is 1. The van der Waals surface area contributed by atoms with Crippen LogP contribution in [0.15, 0.2) is 86.9 Å². The molecule has 0 aliphatic carbocycles. The van der Waals surface area contributed by atoms with Gasteiger partial charge in [-0.15, -0.1) is 11.3 Å². The molecule has 1 aromatic heterocycles. The summed E-state index contributed by atoms with van der Waals surface area (Å²) >= 11 is 8.93. The second-order valence-corrected chi connectivity index (χ2v) is 11.7. The standard InChI is InChI=1S/C24H17ClN2O4S3/c1-31-20-11-10-14(12-17(20)25)34(29,30)27-19-13-22(23(28)16-7-3-2-6-15(16)19)33-24-26-18-8-4-5-9-21(18)32-24/h2-13,27-28H,1H3. The van der Waals surface area contributed by atoms with Crippen LogP contribution in [0.5, 0.6) is 11.5 Å². The summed E-state index contributed by atoms with van der Waals surface area (Å²) in [6, 6.07) is 20.7. The summed E-state index contributed by atoms with van der Waals surface area (Å²) < 4.78 is 35.9. The van der Waals surface area contributed by atoms with E-state index in [-0.39, 0.29) is 15.7 Å². The van der Waals surface area contributed by atoms with E-state index in [1.54, 1.807) is 30.3 Å². The van der Waals surface area contributed by atoms with Gasteiger partial charge in [0.25, 0.3) is 10.0 Å². The minimum Gasteiger partial charge on any atom is -0.506 e. The van der Waals surface area contributed by atoms with Gasteiger partial charge in [-0.3, -0.25) is 4.72 Å². The fraction of sp³-hybridized carbons (Fsp3) is 0.0417. The van der Waals surface area contributed by atoms with E-state index in [0.717, 1.165) is 14.6 Å². The molecule has 0 aliphatic rings. The summed E-state index contributed by atoms with van der Waals surface area (Å²) in [5.74, 6) is 0.445. The summed E-state index contributed by atoms with van der Waals surface area (Å²) in [7, 11) is -2.51. The highest BCUT2D eigenvalue weighted by atomic mass is 35.5. The Morgan fingerprint density at radius 3 is 2.50 bits per heavy atom. The summed E-state index contributed by atoms with van der Waals surface area (Å²) in [6.45, 7) is 0. The first kappa shape index (κ1) is 22.8. The Labute approximate surface area is 209 Å². The van der Waals surface area contributed by atoms with E-state index in [0.29, 0.717) is 27.1 Å². The van der Waals surface area contributed by atoms with E-state index in [1.807, 2.05) is 24.3 Å². The Morgan fingerprint density at radius 2 is 1.76 bits per heavy atom. The van der Waals surface area contributed by atoms with Gasteiger partial charge in [0.15, 0.2) is 4.34 Å². The Balaban J connectivity index is 1.58. The molecule has 5 aromatic rings. The summed E-state index contributed by atoms with van der Waals surface area (Å²) in [5.41, 5.74) is 1.21. The Morgan fingerprint density at radius 1 is 1.03 bits per heavy atom. The summed E-state index contributed by atoms with van der Waals surface area (Å²) in [4.78, 5) is 5.10. The molecule has 0 aliphatic heterocycles. The number of phenols is 1. The lowest BCUT2D eigenvalue weighted by Crippen LogP contribution is -2.13. The number of hydrogen-bond acceptors (Lipinski definition) is 7. The first-order chi connectivity index (χ1) is 16.4. The number of ether oxygens (including phenoxy) is 1. The van der Waals surface area contributed by atoms with E-state index >= 15 is 0 Å². The van der Waals surface area contributed by atoms with Crippen molar-refractivity contribution in [3.63, 3.8) is 0 Å². The third kappa shape index (κ3) is 4.27. The molecule has 0 spiro atoms. The van der Waals surface area contributed by atoms with Gasteiger partial charge in [0.05, 0.1) is 37.8 Å². The number of hydrogen-bond donors (Lipinski definition) is 2. The lowest BCUT2D eigenvalue weighted by atomic mass is 10.1. The van der Waals surface area contributed by atoms with Crippen molar-refractivity contribution in [2.75, 3.05) is 11.8 Å². The molecule has 0 amide bonds. The molecule has 5 rings (SSSR count). The maximum atomic E-state index is 13.2. The minimum absolute atomic E-state index is 0.00386. The van der Waals surface area contributed by atoms with Crippen LogP contribution in [-0.2, 0) is 10.0 Å². The quantitative estimate of drug-likeness (QED) is 0.236. The number of rotatable bonds is 6. The van der Waals surface area contributed by atoms with Gasteiger partial charge in [0.2, 0.25) is 0 Å². The van der Waals surface area contributed by atoms with Crippen molar-refractivity contribution in [3.8, 4) is 11.5 Å².